The van der Waals surface area contributed by atoms with Crippen LogP contribution in [0.2, 0.25) is 0 Å². The first-order valence-corrected chi connectivity index (χ1v) is 25.6. The second-order valence-electron chi connectivity index (χ2n) is 20.3. The molecule has 9 amide bonds. The van der Waals surface area contributed by atoms with Gasteiger partial charge in [-0.05, 0) is 93.0 Å². The van der Waals surface area contributed by atoms with Crippen LogP contribution in [0.3, 0.4) is 0 Å². The van der Waals surface area contributed by atoms with Crippen molar-refractivity contribution in [2.24, 2.45) is 45.0 Å². The molecule has 414 valence electrons. The van der Waals surface area contributed by atoms with Crippen LogP contribution in [0.4, 0.5) is 0 Å². The van der Waals surface area contributed by atoms with E-state index in [9.17, 15) is 43.2 Å². The van der Waals surface area contributed by atoms with Crippen molar-refractivity contribution in [3.8, 4) is 5.75 Å². The molecular formula is C52H81N13O10. The summed E-state index contributed by atoms with van der Waals surface area (Å²) in [4.78, 5) is 128. The molecule has 0 aliphatic carbocycles. The number of ether oxygens (including phenoxy) is 1. The lowest BCUT2D eigenvalue weighted by Crippen LogP contribution is -2.61. The topological polar surface area (TPSA) is 381 Å². The van der Waals surface area contributed by atoms with Crippen LogP contribution in [0.15, 0.2) is 59.6 Å². The lowest BCUT2D eigenvalue weighted by molar-refractivity contribution is -0.142. The number of benzene rings is 2. The Morgan fingerprint density at radius 3 is 1.84 bits per heavy atom. The number of nitrogens with zero attached hydrogens (tertiary/aromatic N) is 2. The summed E-state index contributed by atoms with van der Waals surface area (Å²) in [5.41, 5.74) is 28.7. The van der Waals surface area contributed by atoms with Crippen LogP contribution in [0.1, 0.15) is 110 Å². The Morgan fingerprint density at radius 2 is 1.27 bits per heavy atom. The summed E-state index contributed by atoms with van der Waals surface area (Å²) in [7, 11) is 0. The van der Waals surface area contributed by atoms with Crippen molar-refractivity contribution < 1.29 is 47.9 Å². The highest BCUT2D eigenvalue weighted by molar-refractivity contribution is 5.99. The number of hydrogen-bond acceptors (Lipinski definition) is 12. The Labute approximate surface area is 439 Å². The highest BCUT2D eigenvalue weighted by Crippen LogP contribution is 2.22. The minimum Gasteiger partial charge on any atom is -0.494 e. The molecule has 2 aromatic carbocycles. The molecule has 0 saturated carbocycles. The Hall–Kier alpha value is -7.30. The van der Waals surface area contributed by atoms with Crippen LogP contribution >= 0.6 is 0 Å². The second-order valence-corrected chi connectivity index (χ2v) is 20.3. The number of primary amides is 2. The number of carbonyl (C=O) groups is 9. The number of amides is 9. The van der Waals surface area contributed by atoms with Gasteiger partial charge in [0.15, 0.2) is 5.96 Å². The fourth-order valence-corrected chi connectivity index (χ4v) is 8.44. The van der Waals surface area contributed by atoms with Crippen molar-refractivity contribution in [3.05, 3.63) is 65.7 Å². The predicted molar refractivity (Wildman–Crippen MR) is 283 cm³/mol. The van der Waals surface area contributed by atoms with Gasteiger partial charge in [-0.25, -0.2) is 0 Å². The normalized spacial score (nSPS) is 15.7. The van der Waals surface area contributed by atoms with Gasteiger partial charge in [0.2, 0.25) is 53.2 Å². The van der Waals surface area contributed by atoms with Gasteiger partial charge in [-0.2, -0.15) is 0 Å². The van der Waals surface area contributed by atoms with Crippen LogP contribution in [0, 0.1) is 11.3 Å². The van der Waals surface area contributed by atoms with E-state index in [0.717, 1.165) is 0 Å². The molecule has 0 bridgehead atoms. The number of hydrogen-bond donors (Lipinski definition) is 11. The third-order valence-corrected chi connectivity index (χ3v) is 12.2. The molecule has 7 atom stereocenters. The molecular weight excluding hydrogens is 967 g/mol. The molecule has 2 aromatic rings. The molecule has 0 radical (unpaired) electrons. The van der Waals surface area contributed by atoms with E-state index < -0.39 is 107 Å². The van der Waals surface area contributed by atoms with Gasteiger partial charge in [0.1, 0.15) is 48.0 Å². The molecule has 75 heavy (non-hydrogen) atoms. The zero-order valence-electron chi connectivity index (χ0n) is 44.3. The summed E-state index contributed by atoms with van der Waals surface area (Å²) in [6.45, 7) is 11.9. The third-order valence-electron chi connectivity index (χ3n) is 12.2. The maximum Gasteiger partial charge on any atom is 0.245 e. The molecule has 23 nitrogen and oxygen atoms in total. The average molecular weight is 1050 g/mol. The lowest BCUT2D eigenvalue weighted by Gasteiger charge is -2.31. The van der Waals surface area contributed by atoms with E-state index >= 15 is 0 Å². The van der Waals surface area contributed by atoms with Crippen LogP contribution in [-0.4, -0.2) is 133 Å². The first kappa shape index (κ1) is 62.0. The van der Waals surface area contributed by atoms with Gasteiger partial charge < -0.3 is 70.2 Å². The van der Waals surface area contributed by atoms with Gasteiger partial charge in [0, 0.05) is 32.4 Å². The Morgan fingerprint density at radius 1 is 0.693 bits per heavy atom. The smallest absolute Gasteiger partial charge is 0.245 e. The van der Waals surface area contributed by atoms with Gasteiger partial charge in [-0.3, -0.25) is 48.1 Å². The number of guanidine groups is 1. The van der Waals surface area contributed by atoms with E-state index in [1.807, 2.05) is 27.7 Å². The molecule has 0 unspecified atom stereocenters. The summed E-state index contributed by atoms with van der Waals surface area (Å²) in [5, 5.41) is 16.2. The molecule has 1 fully saturated rings. The van der Waals surface area contributed by atoms with Crippen LogP contribution < -0.4 is 65.3 Å². The number of rotatable bonds is 31. The highest BCUT2D eigenvalue weighted by Gasteiger charge is 2.40. The quantitative estimate of drug-likeness (QED) is 0.0256. The van der Waals surface area contributed by atoms with E-state index in [0.29, 0.717) is 49.2 Å². The van der Waals surface area contributed by atoms with E-state index in [-0.39, 0.29) is 70.0 Å². The molecule has 23 heteroatoms. The summed E-state index contributed by atoms with van der Waals surface area (Å²) in [5.74, 6) is -6.77. The summed E-state index contributed by atoms with van der Waals surface area (Å²) >= 11 is 0. The average Bonchev–Trinajstić information content (AvgIpc) is 3.83. The summed E-state index contributed by atoms with van der Waals surface area (Å²) in [6, 6.07) is 7.19. The molecule has 0 spiro atoms. The van der Waals surface area contributed by atoms with Crippen molar-refractivity contribution in [2.75, 3.05) is 26.2 Å². The largest absolute Gasteiger partial charge is 0.494 e. The number of aliphatic imine (C=N–C) groups is 1. The van der Waals surface area contributed by atoms with Crippen molar-refractivity contribution >= 4 is 59.1 Å². The van der Waals surface area contributed by atoms with Crippen LogP contribution in [0.5, 0.6) is 5.75 Å². The van der Waals surface area contributed by atoms with Crippen molar-refractivity contribution in [3.63, 3.8) is 0 Å². The van der Waals surface area contributed by atoms with Gasteiger partial charge >= 0.3 is 0 Å². The van der Waals surface area contributed by atoms with E-state index in [1.54, 1.807) is 68.4 Å². The predicted octanol–water partition coefficient (Wildman–Crippen LogP) is -0.594. The van der Waals surface area contributed by atoms with Gasteiger partial charge in [-0.1, -0.05) is 77.1 Å². The molecule has 1 aliphatic heterocycles. The van der Waals surface area contributed by atoms with Gasteiger partial charge in [-0.15, -0.1) is 0 Å². The number of unbranched alkanes of at least 4 members (excludes halogenated alkanes) is 1. The molecule has 1 saturated heterocycles. The number of nitrogens with one attached hydrogen (secondary N) is 6. The van der Waals surface area contributed by atoms with E-state index in [4.69, 9.17) is 33.4 Å². The number of nitrogens with two attached hydrogens (primary N) is 5. The molecule has 0 aromatic heterocycles. The van der Waals surface area contributed by atoms with E-state index in [2.05, 4.69) is 36.9 Å². The number of carbonyl (C=O) groups excluding carboxylic acids is 9. The van der Waals surface area contributed by atoms with Crippen molar-refractivity contribution in [2.45, 2.75) is 154 Å². The molecule has 1 aliphatic rings. The highest BCUT2D eigenvalue weighted by atomic mass is 16.5. The molecule has 16 N–H and O–H groups in total. The minimum absolute atomic E-state index is 0.0191. The maximum absolute atomic E-state index is 14.4. The van der Waals surface area contributed by atoms with Gasteiger partial charge in [0.25, 0.3) is 0 Å². The zero-order chi connectivity index (χ0) is 55.8. The van der Waals surface area contributed by atoms with Crippen LogP contribution in [-0.2, 0) is 56.0 Å². The van der Waals surface area contributed by atoms with Crippen molar-refractivity contribution in [1.82, 2.24) is 36.8 Å². The first-order valence-electron chi connectivity index (χ1n) is 25.6. The monoisotopic (exact) mass is 1050 g/mol. The Kier molecular flexibility index (Phi) is 25.5. The fourth-order valence-electron chi connectivity index (χ4n) is 8.44. The Balaban J connectivity index is 1.88. The standard InChI is InChI=1S/C52H81N13O10/c1-7-75-34-22-20-33(21-23-34)28-37(59-42(67)30-52(4,5)6)45(69)62-38(27-32-15-9-8-10-16-32)47(71)64-43(31(2)3)49(73)63-39(29-41(54)66)46(70)61-36(17-11-12-24-53)50(74)65-26-14-19-40(65)48(72)60-35(44(55)68)18-13-25-58-51(56)57/h8-10,15-16,20-23,31,35-40,43H,7,11-14,17-19,24-30,53H2,1-6H3,(H2,54,66)(H2,55,68)(H,59,67)(H,60,72)(H,61,70)(H,62,69)(H,63,73)(H,64,71)(H4,56,57,58)/t35-,36-,37+,38-,39-,40-,43-/m0/s1. The summed E-state index contributed by atoms with van der Waals surface area (Å²) in [6.07, 6.45) is 1.50. The summed E-state index contributed by atoms with van der Waals surface area (Å²) < 4.78 is 5.57. The van der Waals surface area contributed by atoms with Crippen LogP contribution in [0.25, 0.3) is 0 Å². The molecule has 1 heterocycles. The maximum atomic E-state index is 14.4. The lowest BCUT2D eigenvalue weighted by atomic mass is 9.91. The van der Waals surface area contributed by atoms with E-state index in [1.165, 1.54) is 4.90 Å². The molecule has 3 rings (SSSR count). The van der Waals surface area contributed by atoms with Crippen molar-refractivity contribution in [1.29, 1.82) is 0 Å². The number of likely N-dealkylation sites (tertiary alicyclic amines) is 1. The third kappa shape index (κ3) is 22.0. The Bertz CT molecular complexity index is 2270. The SMILES string of the molecule is CCOc1ccc(C[C@@H](NC(=O)CC(C)(C)C)C(=O)N[C@@H](Cc2ccccc2)C(=O)N[C@H](C(=O)N[C@@H](CC(N)=O)C(=O)N[C@@H](CCCCN)C(=O)N2CCC[C@H]2C(=O)N[C@@H](CCCN=C(N)N)C(N)=O)C(C)C)cc1. The first-order chi connectivity index (χ1) is 35.4. The zero-order valence-corrected chi connectivity index (χ0v) is 44.3. The minimum atomic E-state index is -1.63. The van der Waals surface area contributed by atoms with Gasteiger partial charge in [0.05, 0.1) is 13.0 Å². The fraction of sp³-hybridized carbons (Fsp3) is 0.577. The second kappa shape index (κ2) is 30.8.